The number of halogens is 4. The standard InChI is InChI=1S/C17H25F3N4O.HI/c1-2-21-16(22-8-10-25)23-15-7-9-24(12-15)11-13-3-5-14(6-4-13)17(18,19)20;/h3-6,15,25H,2,7-12H2,1H3,(H2,21,22,23);1H. The Labute approximate surface area is 169 Å². The minimum Gasteiger partial charge on any atom is -0.394 e. The molecule has 2 rings (SSSR count). The third-order valence-electron chi connectivity index (χ3n) is 4.01. The largest absolute Gasteiger partial charge is 0.416 e. The number of aliphatic hydroxyl groups excluding tert-OH is 1. The monoisotopic (exact) mass is 486 g/mol. The van der Waals surface area contributed by atoms with E-state index in [0.717, 1.165) is 43.8 Å². The Kier molecular flexibility index (Phi) is 9.66. The van der Waals surface area contributed by atoms with Crippen molar-refractivity contribution in [3.8, 4) is 0 Å². The minimum atomic E-state index is -4.29. The first kappa shape index (κ1) is 23.0. The van der Waals surface area contributed by atoms with Crippen LogP contribution in [0.25, 0.3) is 0 Å². The first-order valence-electron chi connectivity index (χ1n) is 8.46. The number of hydrogen-bond acceptors (Lipinski definition) is 3. The fraction of sp³-hybridized carbons (Fsp3) is 0.588. The Morgan fingerprint density at radius 2 is 2.00 bits per heavy atom. The molecule has 1 saturated heterocycles. The summed E-state index contributed by atoms with van der Waals surface area (Å²) in [6.07, 6.45) is -3.36. The molecule has 1 heterocycles. The van der Waals surface area contributed by atoms with Gasteiger partial charge in [-0.15, -0.1) is 24.0 Å². The third-order valence-corrected chi connectivity index (χ3v) is 4.01. The zero-order valence-corrected chi connectivity index (χ0v) is 17.1. The molecule has 1 aromatic carbocycles. The number of likely N-dealkylation sites (tertiary alicyclic amines) is 1. The molecule has 26 heavy (non-hydrogen) atoms. The molecule has 1 unspecified atom stereocenters. The van der Waals surface area contributed by atoms with E-state index in [1.807, 2.05) is 6.92 Å². The summed E-state index contributed by atoms with van der Waals surface area (Å²) in [5.74, 6) is 0.679. The zero-order valence-electron chi connectivity index (χ0n) is 14.7. The minimum absolute atomic E-state index is 0. The molecule has 0 amide bonds. The Morgan fingerprint density at radius 1 is 1.31 bits per heavy atom. The molecule has 0 bridgehead atoms. The van der Waals surface area contributed by atoms with Gasteiger partial charge in [0, 0.05) is 32.2 Å². The molecule has 1 fully saturated rings. The number of alkyl halides is 3. The predicted molar refractivity (Wildman–Crippen MR) is 107 cm³/mol. The van der Waals surface area contributed by atoms with Crippen LogP contribution in [0.3, 0.4) is 0 Å². The molecule has 1 aliphatic heterocycles. The van der Waals surface area contributed by atoms with Gasteiger partial charge < -0.3 is 15.7 Å². The van der Waals surface area contributed by atoms with E-state index >= 15 is 0 Å². The van der Waals surface area contributed by atoms with Crippen LogP contribution in [0.15, 0.2) is 29.3 Å². The summed E-state index contributed by atoms with van der Waals surface area (Å²) in [5.41, 5.74) is 0.252. The first-order chi connectivity index (χ1) is 11.9. The fourth-order valence-corrected chi connectivity index (χ4v) is 2.83. The van der Waals surface area contributed by atoms with Crippen LogP contribution < -0.4 is 10.6 Å². The number of nitrogens with zero attached hydrogens (tertiary/aromatic N) is 2. The predicted octanol–water partition coefficient (Wildman–Crippen LogP) is 2.45. The molecule has 5 nitrogen and oxygen atoms in total. The molecule has 9 heteroatoms. The number of aliphatic imine (C=N–C) groups is 1. The SMILES string of the molecule is CCNC(=NCCO)NC1CCN(Cc2ccc(C(F)(F)F)cc2)C1.I. The maximum Gasteiger partial charge on any atom is 0.416 e. The quantitative estimate of drug-likeness (QED) is 0.329. The summed E-state index contributed by atoms with van der Waals surface area (Å²) in [5, 5.41) is 15.3. The molecule has 1 aromatic rings. The Balaban J connectivity index is 0.00000338. The molecule has 0 aromatic heterocycles. The van der Waals surface area contributed by atoms with Gasteiger partial charge in [-0.1, -0.05) is 12.1 Å². The lowest BCUT2D eigenvalue weighted by Crippen LogP contribution is -2.44. The van der Waals surface area contributed by atoms with Crippen molar-refractivity contribution in [3.05, 3.63) is 35.4 Å². The molecule has 0 saturated carbocycles. The van der Waals surface area contributed by atoms with E-state index < -0.39 is 11.7 Å². The van der Waals surface area contributed by atoms with Crippen molar-refractivity contribution in [1.29, 1.82) is 0 Å². The smallest absolute Gasteiger partial charge is 0.394 e. The van der Waals surface area contributed by atoms with Crippen molar-refractivity contribution in [2.45, 2.75) is 32.1 Å². The van der Waals surface area contributed by atoms with Crippen LogP contribution in [0.1, 0.15) is 24.5 Å². The van der Waals surface area contributed by atoms with Crippen LogP contribution in [0.4, 0.5) is 13.2 Å². The number of aliphatic hydroxyl groups is 1. The van der Waals surface area contributed by atoms with Crippen LogP contribution in [-0.4, -0.2) is 54.8 Å². The average molecular weight is 486 g/mol. The molecule has 0 radical (unpaired) electrons. The fourth-order valence-electron chi connectivity index (χ4n) is 2.83. The number of hydrogen-bond donors (Lipinski definition) is 3. The van der Waals surface area contributed by atoms with Crippen LogP contribution in [-0.2, 0) is 12.7 Å². The van der Waals surface area contributed by atoms with E-state index in [0.29, 0.717) is 19.0 Å². The Bertz CT molecular complexity index is 566. The summed E-state index contributed by atoms with van der Waals surface area (Å²) >= 11 is 0. The normalized spacial score (nSPS) is 18.5. The van der Waals surface area contributed by atoms with E-state index in [4.69, 9.17) is 5.11 Å². The molecule has 148 valence electrons. The van der Waals surface area contributed by atoms with Gasteiger partial charge >= 0.3 is 6.18 Å². The topological polar surface area (TPSA) is 59.9 Å². The van der Waals surface area contributed by atoms with Crippen LogP contribution >= 0.6 is 24.0 Å². The highest BCUT2D eigenvalue weighted by atomic mass is 127. The summed E-state index contributed by atoms with van der Waals surface area (Å²) in [6, 6.07) is 5.57. The lowest BCUT2D eigenvalue weighted by Gasteiger charge is -2.19. The first-order valence-corrected chi connectivity index (χ1v) is 8.46. The summed E-state index contributed by atoms with van der Waals surface area (Å²) in [7, 11) is 0. The van der Waals surface area contributed by atoms with Crippen LogP contribution in [0, 0.1) is 0 Å². The third kappa shape index (κ3) is 7.28. The van der Waals surface area contributed by atoms with Gasteiger partial charge in [0.05, 0.1) is 18.7 Å². The highest BCUT2D eigenvalue weighted by molar-refractivity contribution is 14.0. The Hall–Kier alpha value is -1.07. The lowest BCUT2D eigenvalue weighted by molar-refractivity contribution is -0.137. The van der Waals surface area contributed by atoms with Gasteiger partial charge in [-0.25, -0.2) is 0 Å². The lowest BCUT2D eigenvalue weighted by atomic mass is 10.1. The maximum absolute atomic E-state index is 12.6. The van der Waals surface area contributed by atoms with Crippen molar-refractivity contribution in [2.24, 2.45) is 4.99 Å². The highest BCUT2D eigenvalue weighted by Gasteiger charge is 2.30. The van der Waals surface area contributed by atoms with Gasteiger partial charge in [-0.2, -0.15) is 13.2 Å². The summed E-state index contributed by atoms with van der Waals surface area (Å²) in [4.78, 5) is 6.46. The van der Waals surface area contributed by atoms with E-state index in [9.17, 15) is 13.2 Å². The van der Waals surface area contributed by atoms with Gasteiger partial charge in [0.25, 0.3) is 0 Å². The van der Waals surface area contributed by atoms with Gasteiger partial charge in [0.15, 0.2) is 5.96 Å². The van der Waals surface area contributed by atoms with Gasteiger partial charge in [-0.05, 0) is 31.0 Å². The zero-order chi connectivity index (χ0) is 18.3. The number of benzene rings is 1. The molecule has 1 aliphatic rings. The summed E-state index contributed by atoms with van der Waals surface area (Å²) in [6.45, 7) is 5.35. The van der Waals surface area contributed by atoms with Crippen LogP contribution in [0.2, 0.25) is 0 Å². The number of guanidine groups is 1. The van der Waals surface area contributed by atoms with Gasteiger partial charge in [0.2, 0.25) is 0 Å². The average Bonchev–Trinajstić information content (AvgIpc) is 2.99. The molecule has 0 aliphatic carbocycles. The second-order valence-corrected chi connectivity index (χ2v) is 6.04. The molecular weight excluding hydrogens is 460 g/mol. The van der Waals surface area contributed by atoms with Crippen molar-refractivity contribution in [1.82, 2.24) is 15.5 Å². The molecule has 1 atom stereocenters. The molecule has 0 spiro atoms. The van der Waals surface area contributed by atoms with E-state index in [1.165, 1.54) is 12.1 Å². The summed E-state index contributed by atoms with van der Waals surface area (Å²) < 4.78 is 37.8. The van der Waals surface area contributed by atoms with E-state index in [-0.39, 0.29) is 36.6 Å². The van der Waals surface area contributed by atoms with Crippen molar-refractivity contribution < 1.29 is 18.3 Å². The molecular formula is C17H26F3IN4O. The Morgan fingerprint density at radius 3 is 2.58 bits per heavy atom. The maximum atomic E-state index is 12.6. The second-order valence-electron chi connectivity index (χ2n) is 6.04. The molecule has 3 N–H and O–H groups in total. The van der Waals surface area contributed by atoms with Gasteiger partial charge in [-0.3, -0.25) is 9.89 Å². The number of rotatable bonds is 6. The van der Waals surface area contributed by atoms with Crippen molar-refractivity contribution in [3.63, 3.8) is 0 Å². The number of nitrogens with one attached hydrogen (secondary N) is 2. The van der Waals surface area contributed by atoms with Crippen LogP contribution in [0.5, 0.6) is 0 Å². The highest BCUT2D eigenvalue weighted by Crippen LogP contribution is 2.29. The van der Waals surface area contributed by atoms with Crippen molar-refractivity contribution >= 4 is 29.9 Å². The van der Waals surface area contributed by atoms with Crippen molar-refractivity contribution in [2.75, 3.05) is 32.8 Å². The van der Waals surface area contributed by atoms with E-state index in [2.05, 4.69) is 20.5 Å². The van der Waals surface area contributed by atoms with Gasteiger partial charge in [0.1, 0.15) is 0 Å². The second kappa shape index (κ2) is 10.9. The van der Waals surface area contributed by atoms with E-state index in [1.54, 1.807) is 0 Å².